The van der Waals surface area contributed by atoms with E-state index >= 15 is 0 Å². The molecule has 0 amide bonds. The Labute approximate surface area is 153 Å². The predicted octanol–water partition coefficient (Wildman–Crippen LogP) is 1.96. The maximum atomic E-state index is 9.14. The lowest BCUT2D eigenvalue weighted by atomic mass is 10.2. The van der Waals surface area contributed by atoms with Crippen molar-refractivity contribution < 1.29 is 0 Å². The van der Waals surface area contributed by atoms with Gasteiger partial charge in [-0.2, -0.15) is 10.2 Å². The van der Waals surface area contributed by atoms with E-state index in [0.29, 0.717) is 23.2 Å². The van der Waals surface area contributed by atoms with E-state index in [1.54, 1.807) is 18.2 Å². The second-order valence-electron chi connectivity index (χ2n) is 6.95. The Morgan fingerprint density at radius 2 is 2.15 bits per heavy atom. The smallest absolute Gasteiger partial charge is 0.229 e. The molecule has 7 heteroatoms. The summed E-state index contributed by atoms with van der Waals surface area (Å²) >= 11 is 0. The molecule has 134 valence electrons. The van der Waals surface area contributed by atoms with E-state index in [2.05, 4.69) is 21.6 Å². The maximum Gasteiger partial charge on any atom is 0.229 e. The summed E-state index contributed by atoms with van der Waals surface area (Å²) in [6.07, 6.45) is 4.28. The van der Waals surface area contributed by atoms with Crippen molar-refractivity contribution in [2.75, 3.05) is 36.1 Å². The number of aromatic nitrogens is 2. The molecule has 4 N–H and O–H groups in total. The molecule has 1 aliphatic heterocycles. The number of nitrogens with one attached hydrogen (secondary N) is 2. The molecule has 1 aliphatic carbocycles. The highest BCUT2D eigenvalue weighted by Crippen LogP contribution is 2.32. The summed E-state index contributed by atoms with van der Waals surface area (Å²) < 4.78 is 0. The van der Waals surface area contributed by atoms with Gasteiger partial charge in [-0.3, -0.25) is 0 Å². The third-order valence-electron chi connectivity index (χ3n) is 5.15. The van der Waals surface area contributed by atoms with Crippen LogP contribution in [0.3, 0.4) is 0 Å². The van der Waals surface area contributed by atoms with Gasteiger partial charge in [0.2, 0.25) is 5.95 Å². The maximum absolute atomic E-state index is 9.14. The molecule has 1 aromatic carbocycles. The molecular weight excluding hydrogens is 326 g/mol. The van der Waals surface area contributed by atoms with Crippen molar-refractivity contribution in [1.82, 2.24) is 15.3 Å². The van der Waals surface area contributed by atoms with Crippen molar-refractivity contribution in [3.8, 4) is 6.07 Å². The monoisotopic (exact) mass is 349 g/mol. The van der Waals surface area contributed by atoms with Crippen LogP contribution >= 0.6 is 0 Å². The number of nitrogens with zero attached hydrogens (tertiary/aromatic N) is 4. The molecular formula is C19H23N7. The van der Waals surface area contributed by atoms with Crippen LogP contribution in [0.4, 0.5) is 23.1 Å². The first-order valence-electron chi connectivity index (χ1n) is 9.06. The minimum Gasteiger partial charge on any atom is -0.399 e. The van der Waals surface area contributed by atoms with Gasteiger partial charge in [-0.15, -0.1) is 0 Å². The van der Waals surface area contributed by atoms with Crippen LogP contribution in [0.25, 0.3) is 0 Å². The summed E-state index contributed by atoms with van der Waals surface area (Å²) in [5, 5.41) is 15.7. The third-order valence-corrected chi connectivity index (χ3v) is 5.15. The molecule has 0 spiro atoms. The summed E-state index contributed by atoms with van der Waals surface area (Å²) in [7, 11) is 2.01. The van der Waals surface area contributed by atoms with Crippen LogP contribution in [0.15, 0.2) is 18.2 Å². The molecule has 2 heterocycles. The number of hydrogen-bond donors (Lipinski definition) is 3. The van der Waals surface area contributed by atoms with Gasteiger partial charge in [0.15, 0.2) is 0 Å². The Morgan fingerprint density at radius 1 is 1.27 bits per heavy atom. The van der Waals surface area contributed by atoms with Crippen molar-refractivity contribution in [3.63, 3.8) is 0 Å². The number of aryl methyl sites for hydroxylation is 1. The average Bonchev–Trinajstić information content (AvgIpc) is 3.29. The van der Waals surface area contributed by atoms with Gasteiger partial charge in [0.25, 0.3) is 0 Å². The number of hydrogen-bond acceptors (Lipinski definition) is 7. The number of nitrogens with two attached hydrogens (primary N) is 1. The van der Waals surface area contributed by atoms with Crippen molar-refractivity contribution in [1.29, 1.82) is 5.26 Å². The van der Waals surface area contributed by atoms with E-state index in [1.807, 2.05) is 7.05 Å². The zero-order valence-electron chi connectivity index (χ0n) is 14.9. The summed E-state index contributed by atoms with van der Waals surface area (Å²) in [5.74, 6) is 1.63. The molecule has 0 bridgehead atoms. The number of anilines is 4. The van der Waals surface area contributed by atoms with E-state index in [9.17, 15) is 0 Å². The van der Waals surface area contributed by atoms with Crippen LogP contribution < -0.4 is 21.3 Å². The highest BCUT2D eigenvalue weighted by atomic mass is 15.3. The second kappa shape index (κ2) is 6.81. The fourth-order valence-corrected chi connectivity index (χ4v) is 3.84. The normalized spacial score (nSPS) is 18.6. The van der Waals surface area contributed by atoms with Crippen LogP contribution in [0.2, 0.25) is 0 Å². The predicted molar refractivity (Wildman–Crippen MR) is 103 cm³/mol. The largest absolute Gasteiger partial charge is 0.399 e. The van der Waals surface area contributed by atoms with Gasteiger partial charge in [0.05, 0.1) is 17.3 Å². The van der Waals surface area contributed by atoms with Crippen molar-refractivity contribution in [3.05, 3.63) is 35.0 Å². The van der Waals surface area contributed by atoms with Crippen molar-refractivity contribution in [2.45, 2.75) is 31.7 Å². The molecule has 0 radical (unpaired) electrons. The van der Waals surface area contributed by atoms with Gasteiger partial charge >= 0.3 is 0 Å². The van der Waals surface area contributed by atoms with Crippen molar-refractivity contribution in [2.24, 2.45) is 0 Å². The molecule has 1 fully saturated rings. The quantitative estimate of drug-likeness (QED) is 0.725. The number of likely N-dealkylation sites (N-methyl/N-ethyl adjacent to an activating group) is 1. The van der Waals surface area contributed by atoms with E-state index in [0.717, 1.165) is 56.0 Å². The minimum absolute atomic E-state index is 0.505. The fraction of sp³-hybridized carbons (Fsp3) is 0.421. The van der Waals surface area contributed by atoms with Crippen LogP contribution in [0.5, 0.6) is 0 Å². The highest BCUT2D eigenvalue weighted by Gasteiger charge is 2.28. The van der Waals surface area contributed by atoms with Gasteiger partial charge in [-0.05, 0) is 50.9 Å². The highest BCUT2D eigenvalue weighted by molar-refractivity contribution is 5.65. The number of nitriles is 1. The first kappa shape index (κ1) is 16.6. The Balaban J connectivity index is 1.67. The van der Waals surface area contributed by atoms with Crippen molar-refractivity contribution >= 4 is 23.1 Å². The average molecular weight is 349 g/mol. The lowest BCUT2D eigenvalue weighted by Gasteiger charge is -2.21. The van der Waals surface area contributed by atoms with Crippen LogP contribution in [0.1, 0.15) is 29.7 Å². The van der Waals surface area contributed by atoms with Gasteiger partial charge in [-0.25, -0.2) is 4.98 Å². The molecule has 7 nitrogen and oxygen atoms in total. The minimum atomic E-state index is 0.505. The second-order valence-corrected chi connectivity index (χ2v) is 6.95. The van der Waals surface area contributed by atoms with Gasteiger partial charge < -0.3 is 21.3 Å². The van der Waals surface area contributed by atoms with E-state index in [1.165, 1.54) is 5.56 Å². The topological polar surface area (TPSA) is 103 Å². The Bertz CT molecular complexity index is 871. The molecule has 1 saturated heterocycles. The Morgan fingerprint density at radius 3 is 2.92 bits per heavy atom. The molecule has 0 saturated carbocycles. The first-order valence-corrected chi connectivity index (χ1v) is 9.06. The standard InChI is InChI=1S/C19H23N7/c1-22-14-5-6-26(11-14)18-16-3-2-4-17(16)24-19(25-18)23-15-8-12(10-20)7-13(21)9-15/h7-9,14,22H,2-6,11,21H2,1H3,(H,23,24,25)/t14-/m0/s1. The molecule has 4 rings (SSSR count). The SMILES string of the molecule is CN[C@H]1CCN(c2nc(Nc3cc(N)cc(C#N)c3)nc3c2CCC3)C1. The molecule has 1 aromatic heterocycles. The first-order chi connectivity index (χ1) is 12.7. The summed E-state index contributed by atoms with van der Waals surface area (Å²) in [6.45, 7) is 1.97. The number of fused-ring (bicyclic) bond motifs is 1. The molecule has 0 unspecified atom stereocenters. The Hall–Kier alpha value is -2.85. The zero-order chi connectivity index (χ0) is 18.1. The lowest BCUT2D eigenvalue weighted by molar-refractivity contribution is 0.616. The third kappa shape index (κ3) is 3.16. The number of nitrogen functional groups attached to an aromatic ring is 1. The molecule has 2 aliphatic rings. The molecule has 26 heavy (non-hydrogen) atoms. The summed E-state index contributed by atoms with van der Waals surface area (Å²) in [5.41, 5.74) is 10.1. The molecule has 1 atom stereocenters. The zero-order valence-corrected chi connectivity index (χ0v) is 14.9. The molecule has 2 aromatic rings. The number of benzene rings is 1. The fourth-order valence-electron chi connectivity index (χ4n) is 3.84. The lowest BCUT2D eigenvalue weighted by Crippen LogP contribution is -2.30. The van der Waals surface area contributed by atoms with E-state index < -0.39 is 0 Å². The van der Waals surface area contributed by atoms with Crippen LogP contribution in [-0.4, -0.2) is 36.1 Å². The van der Waals surface area contributed by atoms with E-state index in [4.69, 9.17) is 21.0 Å². The van der Waals surface area contributed by atoms with Gasteiger partial charge in [0, 0.05) is 36.1 Å². The summed E-state index contributed by atoms with van der Waals surface area (Å²) in [6, 6.07) is 7.85. The van der Waals surface area contributed by atoms with E-state index in [-0.39, 0.29) is 0 Å². The number of rotatable bonds is 4. The van der Waals surface area contributed by atoms with Crippen LogP contribution in [0, 0.1) is 11.3 Å². The van der Waals surface area contributed by atoms with Crippen LogP contribution in [-0.2, 0) is 12.8 Å². The summed E-state index contributed by atoms with van der Waals surface area (Å²) in [4.78, 5) is 11.9. The van der Waals surface area contributed by atoms with Gasteiger partial charge in [0.1, 0.15) is 5.82 Å². The Kier molecular flexibility index (Phi) is 4.35. The van der Waals surface area contributed by atoms with Gasteiger partial charge in [-0.1, -0.05) is 0 Å².